The Labute approximate surface area is 180 Å². The molecular formula is C25H23N3O3. The van der Waals surface area contributed by atoms with E-state index in [9.17, 15) is 4.79 Å². The molecule has 31 heavy (non-hydrogen) atoms. The monoisotopic (exact) mass is 413 g/mol. The second-order valence-electron chi connectivity index (χ2n) is 7.16. The Morgan fingerprint density at radius 1 is 0.839 bits per heavy atom. The van der Waals surface area contributed by atoms with E-state index in [0.717, 1.165) is 16.7 Å². The second-order valence-corrected chi connectivity index (χ2v) is 7.16. The molecule has 0 fully saturated rings. The molecule has 0 spiro atoms. The van der Waals surface area contributed by atoms with Crippen LogP contribution < -0.4 is 5.32 Å². The zero-order valence-corrected chi connectivity index (χ0v) is 17.0. The number of alkyl carbamates (subject to hydrolysis) is 1. The third-order valence-electron chi connectivity index (χ3n) is 4.77. The van der Waals surface area contributed by atoms with Crippen LogP contribution in [-0.4, -0.2) is 16.2 Å². The fourth-order valence-electron chi connectivity index (χ4n) is 3.22. The average Bonchev–Trinajstić information content (AvgIpc) is 3.28. The summed E-state index contributed by atoms with van der Waals surface area (Å²) in [6.07, 6.45) is 0.530. The molecule has 6 heteroatoms. The van der Waals surface area contributed by atoms with Gasteiger partial charge in [-0.3, -0.25) is 0 Å². The van der Waals surface area contributed by atoms with E-state index in [-0.39, 0.29) is 6.61 Å². The first-order valence-corrected chi connectivity index (χ1v) is 10.1. The number of nitrogens with zero attached hydrogens (tertiary/aromatic N) is 2. The summed E-state index contributed by atoms with van der Waals surface area (Å²) >= 11 is 0. The molecule has 1 atom stereocenters. The molecule has 0 radical (unpaired) electrons. The lowest BCUT2D eigenvalue weighted by molar-refractivity contribution is 0.133. The summed E-state index contributed by atoms with van der Waals surface area (Å²) in [4.78, 5) is 17.0. The van der Waals surface area contributed by atoms with Crippen LogP contribution in [0.25, 0.3) is 0 Å². The van der Waals surface area contributed by atoms with E-state index in [1.807, 2.05) is 91.0 Å². The molecule has 4 aromatic rings. The van der Waals surface area contributed by atoms with Gasteiger partial charge in [0, 0.05) is 12.8 Å². The van der Waals surface area contributed by atoms with Crippen molar-refractivity contribution in [2.45, 2.75) is 25.5 Å². The van der Waals surface area contributed by atoms with E-state index in [1.165, 1.54) is 0 Å². The van der Waals surface area contributed by atoms with Gasteiger partial charge in [-0.15, -0.1) is 0 Å². The summed E-state index contributed by atoms with van der Waals surface area (Å²) in [5.41, 5.74) is 3.04. The number of hydrogen-bond acceptors (Lipinski definition) is 5. The summed E-state index contributed by atoms with van der Waals surface area (Å²) in [7, 11) is 0. The van der Waals surface area contributed by atoms with E-state index in [1.54, 1.807) is 0 Å². The zero-order valence-electron chi connectivity index (χ0n) is 17.0. The molecular weight excluding hydrogens is 390 g/mol. The summed E-state index contributed by atoms with van der Waals surface area (Å²) in [6.45, 7) is 0.188. The Hall–Kier alpha value is -3.93. The van der Waals surface area contributed by atoms with Crippen LogP contribution in [0.3, 0.4) is 0 Å². The number of nitrogens with one attached hydrogen (secondary N) is 1. The van der Waals surface area contributed by atoms with Gasteiger partial charge < -0.3 is 14.6 Å². The van der Waals surface area contributed by atoms with Gasteiger partial charge in [-0.05, 0) is 16.7 Å². The minimum atomic E-state index is -0.535. The molecule has 0 bridgehead atoms. The first-order chi connectivity index (χ1) is 15.3. The lowest BCUT2D eigenvalue weighted by Crippen LogP contribution is -2.30. The lowest BCUT2D eigenvalue weighted by Gasteiger charge is -2.15. The number of aromatic nitrogens is 2. The zero-order chi connectivity index (χ0) is 21.3. The summed E-state index contributed by atoms with van der Waals surface area (Å²) in [5, 5.41) is 6.97. The van der Waals surface area contributed by atoms with Gasteiger partial charge in [-0.25, -0.2) is 4.79 Å². The second kappa shape index (κ2) is 10.2. The quantitative estimate of drug-likeness (QED) is 0.446. The molecule has 1 amide bonds. The molecule has 6 nitrogen and oxygen atoms in total. The highest BCUT2D eigenvalue weighted by Crippen LogP contribution is 2.18. The van der Waals surface area contributed by atoms with Gasteiger partial charge >= 0.3 is 6.09 Å². The first kappa shape index (κ1) is 20.3. The number of ether oxygens (including phenoxy) is 1. The van der Waals surface area contributed by atoms with Gasteiger partial charge in [-0.1, -0.05) is 96.2 Å². The number of amides is 1. The SMILES string of the molecule is O=C(N[C@@H](Cc1ccccc1)c1nc(Cc2ccccc2)no1)OCc1ccccc1. The van der Waals surface area contributed by atoms with Gasteiger partial charge in [0.05, 0.1) is 0 Å². The maximum atomic E-state index is 12.5. The van der Waals surface area contributed by atoms with Crippen molar-refractivity contribution in [2.24, 2.45) is 0 Å². The molecule has 156 valence electrons. The third kappa shape index (κ3) is 6.02. The van der Waals surface area contributed by atoms with Crippen LogP contribution in [-0.2, 0) is 24.2 Å². The molecule has 0 saturated heterocycles. The van der Waals surface area contributed by atoms with Crippen LogP contribution in [0.5, 0.6) is 0 Å². The maximum absolute atomic E-state index is 12.5. The van der Waals surface area contributed by atoms with Crippen LogP contribution in [0, 0.1) is 0 Å². The van der Waals surface area contributed by atoms with Gasteiger partial charge in [0.1, 0.15) is 12.6 Å². The number of rotatable bonds is 8. The van der Waals surface area contributed by atoms with Crippen molar-refractivity contribution in [3.63, 3.8) is 0 Å². The fraction of sp³-hybridized carbons (Fsp3) is 0.160. The number of carbonyl (C=O) groups is 1. The predicted molar refractivity (Wildman–Crippen MR) is 116 cm³/mol. The van der Waals surface area contributed by atoms with Crippen LogP contribution in [0.2, 0.25) is 0 Å². The lowest BCUT2D eigenvalue weighted by atomic mass is 10.1. The molecule has 3 aromatic carbocycles. The van der Waals surface area contributed by atoms with E-state index in [2.05, 4.69) is 15.5 Å². The van der Waals surface area contributed by atoms with Crippen LogP contribution >= 0.6 is 0 Å². The Kier molecular flexibility index (Phi) is 6.70. The van der Waals surface area contributed by atoms with E-state index in [4.69, 9.17) is 9.26 Å². The topological polar surface area (TPSA) is 77.3 Å². The minimum Gasteiger partial charge on any atom is -0.445 e. The summed E-state index contributed by atoms with van der Waals surface area (Å²) in [6, 6.07) is 28.8. The normalized spacial score (nSPS) is 11.6. The Morgan fingerprint density at radius 2 is 1.42 bits per heavy atom. The van der Waals surface area contributed by atoms with E-state index in [0.29, 0.717) is 24.6 Å². The first-order valence-electron chi connectivity index (χ1n) is 10.1. The highest BCUT2D eigenvalue weighted by Gasteiger charge is 2.22. The fourth-order valence-corrected chi connectivity index (χ4v) is 3.22. The van der Waals surface area contributed by atoms with Crippen molar-refractivity contribution in [3.8, 4) is 0 Å². The van der Waals surface area contributed by atoms with E-state index < -0.39 is 12.1 Å². The smallest absolute Gasteiger partial charge is 0.408 e. The Morgan fingerprint density at radius 3 is 2.06 bits per heavy atom. The van der Waals surface area contributed by atoms with Gasteiger partial charge in [0.2, 0.25) is 5.89 Å². The van der Waals surface area contributed by atoms with Crippen LogP contribution in [0.1, 0.15) is 34.4 Å². The van der Waals surface area contributed by atoms with Crippen molar-refractivity contribution in [3.05, 3.63) is 119 Å². The van der Waals surface area contributed by atoms with Crippen molar-refractivity contribution < 1.29 is 14.1 Å². The summed E-state index contributed by atoms with van der Waals surface area (Å²) < 4.78 is 10.9. The van der Waals surface area contributed by atoms with Crippen molar-refractivity contribution >= 4 is 6.09 Å². The molecule has 0 saturated carbocycles. The van der Waals surface area contributed by atoms with Gasteiger partial charge in [0.25, 0.3) is 0 Å². The van der Waals surface area contributed by atoms with Crippen molar-refractivity contribution in [1.29, 1.82) is 0 Å². The van der Waals surface area contributed by atoms with Crippen LogP contribution in [0.15, 0.2) is 95.5 Å². The van der Waals surface area contributed by atoms with Crippen LogP contribution in [0.4, 0.5) is 4.79 Å². The molecule has 1 heterocycles. The molecule has 4 rings (SSSR count). The minimum absolute atomic E-state index is 0.188. The van der Waals surface area contributed by atoms with Gasteiger partial charge in [0.15, 0.2) is 5.82 Å². The molecule has 1 aromatic heterocycles. The largest absolute Gasteiger partial charge is 0.445 e. The van der Waals surface area contributed by atoms with Crippen molar-refractivity contribution in [2.75, 3.05) is 0 Å². The number of benzene rings is 3. The van der Waals surface area contributed by atoms with Crippen molar-refractivity contribution in [1.82, 2.24) is 15.5 Å². The highest BCUT2D eigenvalue weighted by molar-refractivity contribution is 5.67. The van der Waals surface area contributed by atoms with E-state index >= 15 is 0 Å². The average molecular weight is 413 g/mol. The molecule has 1 N–H and O–H groups in total. The third-order valence-corrected chi connectivity index (χ3v) is 4.77. The standard InChI is InChI=1S/C25H23N3O3/c29-25(30-18-21-14-8-3-9-15-21)26-22(16-19-10-4-1-5-11-19)24-27-23(28-31-24)17-20-12-6-2-7-13-20/h1-15,22H,16-18H2,(H,26,29)/t22-/m0/s1. The summed E-state index contributed by atoms with van der Waals surface area (Å²) in [5.74, 6) is 0.921. The number of carbonyl (C=O) groups excluding carboxylic acids is 1. The maximum Gasteiger partial charge on any atom is 0.408 e. The predicted octanol–water partition coefficient (Wildman–Crippen LogP) is 4.87. The van der Waals surface area contributed by atoms with Gasteiger partial charge in [-0.2, -0.15) is 4.98 Å². The molecule has 0 aliphatic carbocycles. The molecule has 0 aliphatic heterocycles. The number of hydrogen-bond donors (Lipinski definition) is 1. The Balaban J connectivity index is 1.45. The highest BCUT2D eigenvalue weighted by atomic mass is 16.5. The molecule has 0 aliphatic rings. The Bertz CT molecular complexity index is 1080. The molecule has 0 unspecified atom stereocenters.